The minimum atomic E-state index is -0.832. The third-order valence-corrected chi connectivity index (χ3v) is 9.87. The summed E-state index contributed by atoms with van der Waals surface area (Å²) in [5.41, 5.74) is -0.549. The zero-order valence-electron chi connectivity index (χ0n) is 25.9. The van der Waals surface area contributed by atoms with E-state index in [1.54, 1.807) is 29.8 Å². The molecule has 6 heterocycles. The van der Waals surface area contributed by atoms with E-state index in [4.69, 9.17) is 37.9 Å². The summed E-state index contributed by atoms with van der Waals surface area (Å²) in [6, 6.07) is 6.53. The highest BCUT2D eigenvalue weighted by atomic mass is 17.3. The summed E-state index contributed by atoms with van der Waals surface area (Å²) >= 11 is 0. The monoisotopic (exact) mass is 625 g/mol. The minimum Gasteiger partial charge on any atom is -0.492 e. The number of hydrogen-bond acceptors (Lipinski definition) is 12. The lowest BCUT2D eigenvalue weighted by atomic mass is 9.58. The molecule has 3 aromatic rings. The second-order valence-electron chi connectivity index (χ2n) is 12.8. The third-order valence-electron chi connectivity index (χ3n) is 9.87. The van der Waals surface area contributed by atoms with Crippen LogP contribution < -0.4 is 10.4 Å². The summed E-state index contributed by atoms with van der Waals surface area (Å²) in [6.07, 6.45) is 4.63. The van der Waals surface area contributed by atoms with E-state index in [2.05, 4.69) is 24.2 Å². The van der Waals surface area contributed by atoms with Crippen LogP contribution in [0.25, 0.3) is 11.0 Å². The van der Waals surface area contributed by atoms with Crippen LogP contribution in [0, 0.1) is 23.7 Å². The van der Waals surface area contributed by atoms with Gasteiger partial charge in [0.2, 0.25) is 5.79 Å². The second-order valence-corrected chi connectivity index (χ2v) is 12.8. The van der Waals surface area contributed by atoms with Gasteiger partial charge in [0.1, 0.15) is 29.2 Å². The van der Waals surface area contributed by atoms with Crippen LogP contribution in [0.3, 0.4) is 0 Å². The Bertz CT molecular complexity index is 1620. The quantitative estimate of drug-likeness (QED) is 0.189. The van der Waals surface area contributed by atoms with E-state index in [9.17, 15) is 9.59 Å². The Labute approximate surface area is 259 Å². The van der Waals surface area contributed by atoms with Crippen LogP contribution in [0.2, 0.25) is 0 Å². The van der Waals surface area contributed by atoms with E-state index in [1.165, 1.54) is 6.07 Å². The van der Waals surface area contributed by atoms with Crippen molar-refractivity contribution in [3.63, 3.8) is 0 Å². The van der Waals surface area contributed by atoms with Crippen molar-refractivity contribution < 1.29 is 42.7 Å². The highest BCUT2D eigenvalue weighted by molar-refractivity contribution is 5.93. The molecule has 5 fully saturated rings. The van der Waals surface area contributed by atoms with Gasteiger partial charge >= 0.3 is 11.6 Å². The zero-order chi connectivity index (χ0) is 31.3. The van der Waals surface area contributed by atoms with Crippen LogP contribution in [0.5, 0.6) is 5.75 Å². The van der Waals surface area contributed by atoms with Crippen molar-refractivity contribution in [3.05, 3.63) is 52.1 Å². The number of carbonyl (C=O) groups is 1. The molecule has 1 saturated carbocycles. The predicted octanol–water partition coefficient (Wildman–Crippen LogP) is 4.36. The molecule has 1 aromatic carbocycles. The average molecular weight is 626 g/mol. The molecule has 4 saturated heterocycles. The van der Waals surface area contributed by atoms with Crippen LogP contribution in [-0.4, -0.2) is 58.1 Å². The van der Waals surface area contributed by atoms with Gasteiger partial charge in [0, 0.05) is 29.7 Å². The van der Waals surface area contributed by atoms with Gasteiger partial charge in [-0.2, -0.15) is 0 Å². The van der Waals surface area contributed by atoms with E-state index in [1.807, 2.05) is 13.1 Å². The first kappa shape index (κ1) is 30.3. The van der Waals surface area contributed by atoms with Gasteiger partial charge in [0.05, 0.1) is 26.0 Å². The Balaban J connectivity index is 0.951. The first-order chi connectivity index (χ1) is 21.7. The van der Waals surface area contributed by atoms with Crippen LogP contribution in [0.4, 0.5) is 0 Å². The summed E-state index contributed by atoms with van der Waals surface area (Å²) in [4.78, 5) is 36.3. The van der Waals surface area contributed by atoms with E-state index < -0.39 is 35.6 Å². The van der Waals surface area contributed by atoms with Crippen molar-refractivity contribution in [1.82, 2.24) is 15.0 Å². The summed E-state index contributed by atoms with van der Waals surface area (Å²) in [5.74, 6) is 0.0123. The van der Waals surface area contributed by atoms with Crippen LogP contribution in [-0.2, 0) is 41.9 Å². The maximum atomic E-state index is 12.2. The molecule has 8 atom stereocenters. The highest BCUT2D eigenvalue weighted by Gasteiger charge is 2.69. The first-order valence-electron chi connectivity index (χ1n) is 15.8. The van der Waals surface area contributed by atoms with Crippen molar-refractivity contribution >= 4 is 16.9 Å². The molecule has 0 radical (unpaired) electrons. The van der Waals surface area contributed by atoms with Gasteiger partial charge in [-0.1, -0.05) is 19.1 Å². The largest absolute Gasteiger partial charge is 0.492 e. The van der Waals surface area contributed by atoms with Crippen molar-refractivity contribution in [1.29, 1.82) is 0 Å². The van der Waals surface area contributed by atoms with E-state index in [-0.39, 0.29) is 30.6 Å². The van der Waals surface area contributed by atoms with Crippen molar-refractivity contribution in [2.45, 2.75) is 90.5 Å². The van der Waals surface area contributed by atoms with Gasteiger partial charge in [-0.3, -0.25) is 0 Å². The molecule has 5 aliphatic rings. The SMILES string of the molecule is CCOC(=O)c1cc2ccc(OCCn3cc(CO[C@H]4O[C@@H]5O[C@@]6(C)CC[C@H]7[C@H](C)CC[C@@H]([C@H]4C)[C@@]57OO6)nn3)cc2oc1=O. The molecule has 13 heteroatoms. The Morgan fingerprint density at radius 1 is 1.13 bits per heavy atom. The van der Waals surface area contributed by atoms with Gasteiger partial charge in [-0.25, -0.2) is 24.0 Å². The smallest absolute Gasteiger partial charge is 0.351 e. The molecular formula is C32H39N3O10. The van der Waals surface area contributed by atoms with E-state index in [0.717, 1.165) is 25.7 Å². The lowest BCUT2D eigenvalue weighted by molar-refractivity contribution is -0.577. The van der Waals surface area contributed by atoms with E-state index in [0.29, 0.717) is 47.4 Å². The molecule has 45 heavy (non-hydrogen) atoms. The standard InChI is InChI=1S/C32H39N3O10/c1-5-38-27(36)23-14-20-7-8-22(15-26(20)41-28(23)37)39-13-12-35-16-21(33-34-35)17-40-29-19(3)25-9-6-18(2)24-10-11-31(4)43-30(42-29)32(24,25)45-44-31/h7-8,14-16,18-19,24-25,29-30H,5-6,9-13,17H2,1-4H3/t18-,19-,24+,25+,29+,30-,31-,32-/m1/s1. The lowest BCUT2D eigenvalue weighted by Gasteiger charge is -2.60. The first-order valence-corrected chi connectivity index (χ1v) is 15.8. The topological polar surface area (TPSA) is 143 Å². The van der Waals surface area contributed by atoms with Gasteiger partial charge in [-0.15, -0.1) is 5.10 Å². The number of rotatable bonds is 9. The van der Waals surface area contributed by atoms with Crippen molar-refractivity contribution in [2.75, 3.05) is 13.2 Å². The van der Waals surface area contributed by atoms with Gasteiger partial charge < -0.3 is 28.1 Å². The summed E-state index contributed by atoms with van der Waals surface area (Å²) in [6.45, 7) is 9.16. The van der Waals surface area contributed by atoms with Crippen LogP contribution >= 0.6 is 0 Å². The van der Waals surface area contributed by atoms with Gasteiger partial charge in [0.25, 0.3) is 0 Å². The Hall–Kier alpha value is -3.36. The zero-order valence-corrected chi connectivity index (χ0v) is 25.9. The number of benzene rings is 1. The summed E-state index contributed by atoms with van der Waals surface area (Å²) < 4.78 is 37.0. The fourth-order valence-electron chi connectivity index (χ4n) is 7.53. The Morgan fingerprint density at radius 2 is 2.00 bits per heavy atom. The normalized spacial score (nSPS) is 33.9. The molecule has 2 bridgehead atoms. The summed E-state index contributed by atoms with van der Waals surface area (Å²) in [7, 11) is 0. The summed E-state index contributed by atoms with van der Waals surface area (Å²) in [5, 5.41) is 9.06. The van der Waals surface area contributed by atoms with Gasteiger partial charge in [-0.05, 0) is 63.1 Å². The average Bonchev–Trinajstić information content (AvgIpc) is 3.35. The van der Waals surface area contributed by atoms with Crippen LogP contribution in [0.15, 0.2) is 39.7 Å². The van der Waals surface area contributed by atoms with E-state index >= 15 is 0 Å². The number of carbonyl (C=O) groups excluding carboxylic acids is 1. The number of aromatic nitrogens is 3. The molecule has 13 nitrogen and oxygen atoms in total. The van der Waals surface area contributed by atoms with Crippen molar-refractivity contribution in [3.8, 4) is 5.75 Å². The molecule has 0 unspecified atom stereocenters. The predicted molar refractivity (Wildman–Crippen MR) is 156 cm³/mol. The third kappa shape index (κ3) is 5.44. The molecule has 242 valence electrons. The number of fused-ring (bicyclic) bond motifs is 3. The lowest BCUT2D eigenvalue weighted by Crippen LogP contribution is -2.70. The molecule has 0 N–H and O–H groups in total. The Morgan fingerprint density at radius 3 is 2.84 bits per heavy atom. The maximum absolute atomic E-state index is 12.2. The number of ether oxygens (including phenoxy) is 5. The minimum absolute atomic E-state index is 0.0671. The Kier molecular flexibility index (Phi) is 7.93. The number of esters is 1. The van der Waals surface area contributed by atoms with Crippen LogP contribution in [0.1, 0.15) is 69.4 Å². The molecule has 2 aromatic heterocycles. The fourth-order valence-corrected chi connectivity index (χ4v) is 7.53. The maximum Gasteiger partial charge on any atom is 0.351 e. The molecule has 8 rings (SSSR count). The molecule has 1 aliphatic carbocycles. The molecule has 1 spiro atoms. The molecular weight excluding hydrogens is 586 g/mol. The number of hydrogen-bond donors (Lipinski definition) is 0. The second kappa shape index (κ2) is 11.8. The fraction of sp³-hybridized carbons (Fsp3) is 0.625. The number of nitrogens with zero attached hydrogens (tertiary/aromatic N) is 3. The highest BCUT2D eigenvalue weighted by Crippen LogP contribution is 2.60. The van der Waals surface area contributed by atoms with Gasteiger partial charge in [0.15, 0.2) is 18.2 Å². The molecule has 0 amide bonds. The molecule has 4 aliphatic heterocycles. The van der Waals surface area contributed by atoms with Crippen molar-refractivity contribution in [2.24, 2.45) is 23.7 Å².